The van der Waals surface area contributed by atoms with Gasteiger partial charge in [0.05, 0.1) is 19.8 Å². The van der Waals surface area contributed by atoms with Gasteiger partial charge in [-0.1, -0.05) is 24.0 Å². The van der Waals surface area contributed by atoms with Crippen LogP contribution in [0, 0.1) is 17.8 Å². The summed E-state index contributed by atoms with van der Waals surface area (Å²) in [4.78, 5) is 5.17. The monoisotopic (exact) mass is 342 g/mol. The largest absolute Gasteiger partial charge is 0.395 e. The Morgan fingerprint density at radius 1 is 1.08 bits per heavy atom. The highest BCUT2D eigenvalue weighted by atomic mass is 16.5. The number of likely N-dealkylation sites (tertiary alicyclic amines) is 1. The van der Waals surface area contributed by atoms with Crippen molar-refractivity contribution in [3.8, 4) is 11.8 Å². The van der Waals surface area contributed by atoms with E-state index in [-0.39, 0.29) is 6.61 Å². The molecule has 1 aromatic carbocycles. The van der Waals surface area contributed by atoms with Crippen LogP contribution in [-0.4, -0.2) is 67.5 Å². The smallest absolute Gasteiger partial charge is 0.0594 e. The molecule has 4 heteroatoms. The molecular formula is C21H30N2O2. The van der Waals surface area contributed by atoms with Crippen LogP contribution in [0.3, 0.4) is 0 Å². The Hall–Kier alpha value is -1.38. The first-order chi connectivity index (χ1) is 12.3. The van der Waals surface area contributed by atoms with Crippen molar-refractivity contribution >= 4 is 0 Å². The topological polar surface area (TPSA) is 35.9 Å². The van der Waals surface area contributed by atoms with E-state index >= 15 is 0 Å². The highest BCUT2D eigenvalue weighted by Gasteiger charge is 2.23. The van der Waals surface area contributed by atoms with Gasteiger partial charge in [-0.15, -0.1) is 0 Å². The Balaban J connectivity index is 1.47. The Morgan fingerprint density at radius 3 is 2.64 bits per heavy atom. The number of benzene rings is 1. The third-order valence-corrected chi connectivity index (χ3v) is 5.05. The predicted octanol–water partition coefficient (Wildman–Crippen LogP) is 1.96. The fraction of sp³-hybridized carbons (Fsp3) is 0.619. The van der Waals surface area contributed by atoms with E-state index in [1.54, 1.807) is 0 Å². The lowest BCUT2D eigenvalue weighted by atomic mass is 9.96. The SMILES string of the molecule is OCCC#Cc1ccc(CN2CCCC(CN3CCOCC3)C2)cc1. The summed E-state index contributed by atoms with van der Waals surface area (Å²) in [5.74, 6) is 6.85. The number of piperidine rings is 1. The fourth-order valence-corrected chi connectivity index (χ4v) is 3.76. The lowest BCUT2D eigenvalue weighted by Gasteiger charge is -2.36. The quantitative estimate of drug-likeness (QED) is 0.830. The van der Waals surface area contributed by atoms with E-state index < -0.39 is 0 Å². The van der Waals surface area contributed by atoms with Crippen molar-refractivity contribution in [3.05, 3.63) is 35.4 Å². The van der Waals surface area contributed by atoms with Gasteiger partial charge in [-0.05, 0) is 43.0 Å². The predicted molar refractivity (Wildman–Crippen MR) is 100 cm³/mol. The first-order valence-electron chi connectivity index (χ1n) is 9.54. The zero-order chi connectivity index (χ0) is 17.3. The first-order valence-corrected chi connectivity index (χ1v) is 9.54. The van der Waals surface area contributed by atoms with Crippen LogP contribution in [0.5, 0.6) is 0 Å². The molecule has 1 aromatic rings. The molecule has 2 saturated heterocycles. The zero-order valence-electron chi connectivity index (χ0n) is 15.1. The van der Waals surface area contributed by atoms with Crippen LogP contribution < -0.4 is 0 Å². The van der Waals surface area contributed by atoms with Crippen LogP contribution in [0.25, 0.3) is 0 Å². The highest BCUT2D eigenvalue weighted by molar-refractivity contribution is 5.36. The van der Waals surface area contributed by atoms with Crippen molar-refractivity contribution in [1.82, 2.24) is 9.80 Å². The molecule has 4 nitrogen and oxygen atoms in total. The Bertz CT molecular complexity index is 570. The van der Waals surface area contributed by atoms with E-state index in [2.05, 4.69) is 45.9 Å². The van der Waals surface area contributed by atoms with Gasteiger partial charge in [0.15, 0.2) is 0 Å². The van der Waals surface area contributed by atoms with Gasteiger partial charge in [0, 0.05) is 44.7 Å². The normalized spacial score (nSPS) is 22.4. The van der Waals surface area contributed by atoms with Gasteiger partial charge in [0.2, 0.25) is 0 Å². The van der Waals surface area contributed by atoms with Gasteiger partial charge in [0.25, 0.3) is 0 Å². The van der Waals surface area contributed by atoms with Gasteiger partial charge in [-0.3, -0.25) is 9.80 Å². The molecular weight excluding hydrogens is 312 g/mol. The molecule has 0 amide bonds. The molecule has 3 rings (SSSR count). The van der Waals surface area contributed by atoms with Crippen molar-refractivity contribution in [2.75, 3.05) is 52.5 Å². The summed E-state index contributed by atoms with van der Waals surface area (Å²) in [6.45, 7) is 8.76. The van der Waals surface area contributed by atoms with Crippen molar-refractivity contribution < 1.29 is 9.84 Å². The van der Waals surface area contributed by atoms with Crippen LogP contribution in [0.1, 0.15) is 30.4 Å². The number of aliphatic hydroxyl groups is 1. The lowest BCUT2D eigenvalue weighted by molar-refractivity contribution is 0.0224. The molecule has 2 fully saturated rings. The van der Waals surface area contributed by atoms with Crippen LogP contribution in [-0.2, 0) is 11.3 Å². The molecule has 2 aliphatic heterocycles. The molecule has 0 spiro atoms. The number of hydrogen-bond donors (Lipinski definition) is 1. The molecule has 0 aromatic heterocycles. The van der Waals surface area contributed by atoms with Crippen LogP contribution in [0.4, 0.5) is 0 Å². The van der Waals surface area contributed by atoms with Crippen LogP contribution in [0.15, 0.2) is 24.3 Å². The minimum atomic E-state index is 0.131. The summed E-state index contributed by atoms with van der Waals surface area (Å²) < 4.78 is 5.46. The Kier molecular flexibility index (Phi) is 7.32. The summed E-state index contributed by atoms with van der Waals surface area (Å²) in [6.07, 6.45) is 3.20. The van der Waals surface area contributed by atoms with Gasteiger partial charge in [-0.25, -0.2) is 0 Å². The van der Waals surface area contributed by atoms with Crippen molar-refractivity contribution in [2.45, 2.75) is 25.8 Å². The molecule has 2 aliphatic rings. The maximum atomic E-state index is 8.78. The Morgan fingerprint density at radius 2 is 1.88 bits per heavy atom. The standard InChI is InChI=1S/C21H30N2O2/c24-13-2-1-4-19-6-8-20(9-7-19)16-23-10-3-5-21(18-23)17-22-11-14-25-15-12-22/h6-9,21,24H,2-3,5,10-18H2. The number of hydrogen-bond acceptors (Lipinski definition) is 4. The van der Waals surface area contributed by atoms with E-state index in [0.29, 0.717) is 6.42 Å². The molecule has 0 saturated carbocycles. The minimum Gasteiger partial charge on any atom is -0.395 e. The number of rotatable bonds is 5. The third kappa shape index (κ3) is 6.13. The molecule has 0 aliphatic carbocycles. The number of ether oxygens (including phenoxy) is 1. The molecule has 2 heterocycles. The van der Waals surface area contributed by atoms with E-state index in [9.17, 15) is 0 Å². The van der Waals surface area contributed by atoms with E-state index in [1.165, 1.54) is 38.0 Å². The highest BCUT2D eigenvalue weighted by Crippen LogP contribution is 2.20. The summed E-state index contributed by atoms with van der Waals surface area (Å²) in [5.41, 5.74) is 2.39. The summed E-state index contributed by atoms with van der Waals surface area (Å²) in [6, 6.07) is 8.56. The summed E-state index contributed by atoms with van der Waals surface area (Å²) >= 11 is 0. The number of morpholine rings is 1. The second kappa shape index (κ2) is 9.94. The van der Waals surface area contributed by atoms with E-state index in [4.69, 9.17) is 9.84 Å². The second-order valence-corrected chi connectivity index (χ2v) is 7.13. The minimum absolute atomic E-state index is 0.131. The molecule has 1 N–H and O–H groups in total. The molecule has 0 bridgehead atoms. The van der Waals surface area contributed by atoms with Crippen molar-refractivity contribution in [1.29, 1.82) is 0 Å². The number of aliphatic hydroxyl groups excluding tert-OH is 1. The average molecular weight is 342 g/mol. The van der Waals surface area contributed by atoms with E-state index in [1.807, 2.05) is 0 Å². The number of nitrogens with zero attached hydrogens (tertiary/aromatic N) is 2. The molecule has 1 unspecified atom stereocenters. The van der Waals surface area contributed by atoms with Gasteiger partial charge >= 0.3 is 0 Å². The van der Waals surface area contributed by atoms with Crippen LogP contribution >= 0.6 is 0 Å². The van der Waals surface area contributed by atoms with Gasteiger partial charge < -0.3 is 9.84 Å². The fourth-order valence-electron chi connectivity index (χ4n) is 3.76. The first kappa shape index (κ1) is 18.4. The summed E-state index contributed by atoms with van der Waals surface area (Å²) in [5, 5.41) is 8.78. The van der Waals surface area contributed by atoms with E-state index in [0.717, 1.165) is 44.3 Å². The van der Waals surface area contributed by atoms with Crippen molar-refractivity contribution in [2.24, 2.45) is 5.92 Å². The lowest BCUT2D eigenvalue weighted by Crippen LogP contribution is -2.44. The third-order valence-electron chi connectivity index (χ3n) is 5.05. The zero-order valence-corrected chi connectivity index (χ0v) is 15.1. The van der Waals surface area contributed by atoms with Crippen LogP contribution in [0.2, 0.25) is 0 Å². The second-order valence-electron chi connectivity index (χ2n) is 7.13. The maximum absolute atomic E-state index is 8.78. The maximum Gasteiger partial charge on any atom is 0.0594 e. The van der Waals surface area contributed by atoms with Crippen molar-refractivity contribution in [3.63, 3.8) is 0 Å². The van der Waals surface area contributed by atoms with Gasteiger partial charge in [0.1, 0.15) is 0 Å². The molecule has 0 radical (unpaired) electrons. The van der Waals surface area contributed by atoms with Gasteiger partial charge in [-0.2, -0.15) is 0 Å². The molecule has 136 valence electrons. The summed E-state index contributed by atoms with van der Waals surface area (Å²) in [7, 11) is 0. The Labute approximate surface area is 151 Å². The molecule has 1 atom stereocenters. The molecule has 25 heavy (non-hydrogen) atoms. The average Bonchev–Trinajstić information content (AvgIpc) is 2.65.